The summed E-state index contributed by atoms with van der Waals surface area (Å²) >= 11 is 0. The summed E-state index contributed by atoms with van der Waals surface area (Å²) < 4.78 is 49.6. The Bertz CT molecular complexity index is 3050. The zero-order valence-electron chi connectivity index (χ0n) is 31.4. The number of rotatable bonds is 6. The van der Waals surface area contributed by atoms with Crippen molar-refractivity contribution in [2.45, 2.75) is 0 Å². The minimum absolute atomic E-state index is 0.119. The molecular weight excluding hydrogens is 623 g/mol. The van der Waals surface area contributed by atoms with Crippen LogP contribution in [-0.2, 0) is 0 Å². The maximum Gasteiger partial charge on any atom is 0.135 e. The Balaban J connectivity index is 1.10. The summed E-state index contributed by atoms with van der Waals surface area (Å²) in [7, 11) is 0. The Hall–Kier alpha value is -6.84. The van der Waals surface area contributed by atoms with Crippen molar-refractivity contribution in [1.82, 2.24) is 0 Å². The van der Waals surface area contributed by atoms with E-state index in [1.165, 1.54) is 0 Å². The first kappa shape index (κ1) is 25.2. The molecule has 0 saturated heterocycles. The van der Waals surface area contributed by atoms with Crippen LogP contribution >= 0.6 is 0 Å². The molecule has 0 aliphatic rings. The molecule has 0 N–H and O–H groups in total. The van der Waals surface area contributed by atoms with E-state index in [2.05, 4.69) is 24.3 Å². The minimum atomic E-state index is -0.137. The minimum Gasteiger partial charge on any atom is -0.456 e. The van der Waals surface area contributed by atoms with E-state index in [1.807, 2.05) is 138 Å². The highest BCUT2D eigenvalue weighted by molar-refractivity contribution is 6.07. The largest absolute Gasteiger partial charge is 0.456 e. The number of furan rings is 2. The van der Waals surface area contributed by atoms with Gasteiger partial charge < -0.3 is 13.7 Å². The van der Waals surface area contributed by atoms with Crippen molar-refractivity contribution in [3.8, 4) is 33.4 Å². The molecule has 0 aliphatic carbocycles. The number of para-hydroxylation sites is 2. The van der Waals surface area contributed by atoms with Gasteiger partial charge in [-0.2, -0.15) is 0 Å². The number of fused-ring (bicyclic) bond motifs is 6. The van der Waals surface area contributed by atoms with Gasteiger partial charge in [0.1, 0.15) is 22.3 Å². The highest BCUT2D eigenvalue weighted by Crippen LogP contribution is 2.39. The van der Waals surface area contributed by atoms with Gasteiger partial charge in [0, 0.05) is 38.6 Å². The standard InChI is InChI=1S/C48H31NO2/c1-2-8-32(9-3-1)33-14-22-38(23-15-33)49(39-24-16-34(17-25-39)36-20-28-47-43(30-36)41-10-4-6-12-45(41)50-47)40-26-18-35(19-27-40)37-21-29-48-44(31-37)42-11-5-7-13-46(42)51-48/h1-31H/i16D,17D,24D,25D. The molecule has 0 fully saturated rings. The first-order valence-corrected chi connectivity index (χ1v) is 16.9. The van der Waals surface area contributed by atoms with E-state index in [-0.39, 0.29) is 35.4 Å². The van der Waals surface area contributed by atoms with E-state index in [9.17, 15) is 5.48 Å². The molecule has 3 nitrogen and oxygen atoms in total. The molecule has 240 valence electrons. The fourth-order valence-electron chi connectivity index (χ4n) is 6.99. The average molecular weight is 658 g/mol. The lowest BCUT2D eigenvalue weighted by molar-refractivity contribution is 0.668. The van der Waals surface area contributed by atoms with Gasteiger partial charge in [-0.15, -0.1) is 0 Å². The molecule has 2 heterocycles. The van der Waals surface area contributed by atoms with Gasteiger partial charge in [-0.1, -0.05) is 115 Å². The monoisotopic (exact) mass is 657 g/mol. The van der Waals surface area contributed by atoms with Gasteiger partial charge in [-0.05, 0) is 106 Å². The molecule has 10 rings (SSSR count). The van der Waals surface area contributed by atoms with Crippen LogP contribution in [0.3, 0.4) is 0 Å². The molecule has 0 aliphatic heterocycles. The lowest BCUT2D eigenvalue weighted by Gasteiger charge is -2.26. The second-order valence-electron chi connectivity index (χ2n) is 12.6. The molecule has 0 bridgehead atoms. The summed E-state index contributed by atoms with van der Waals surface area (Å²) in [5.41, 5.74) is 9.65. The SMILES string of the molecule is [2H]c1c([2H])c(N(c2ccc(-c3ccccc3)cc2)c2ccc(-c3ccc4oc5ccccc5c4c3)cc2)c([2H])c([2H])c1-c1ccc2oc3ccccc3c2c1. The Morgan fingerprint density at radius 2 is 0.725 bits per heavy atom. The molecule has 0 amide bonds. The van der Waals surface area contributed by atoms with Crippen molar-refractivity contribution < 1.29 is 14.3 Å². The zero-order chi connectivity index (χ0) is 37.2. The van der Waals surface area contributed by atoms with E-state index in [0.717, 1.165) is 60.5 Å². The number of benzene rings is 8. The van der Waals surface area contributed by atoms with Gasteiger partial charge in [0.05, 0.1) is 5.48 Å². The normalized spacial score (nSPS) is 12.6. The van der Waals surface area contributed by atoms with Crippen LogP contribution in [0.5, 0.6) is 0 Å². The summed E-state index contributed by atoms with van der Waals surface area (Å²) in [6, 6.07) is 53.0. The number of anilines is 3. The molecule has 10 aromatic rings. The number of hydrogen-bond donors (Lipinski definition) is 0. The Labute approximate surface area is 300 Å². The lowest BCUT2D eigenvalue weighted by atomic mass is 10.0. The third kappa shape index (κ3) is 5.15. The van der Waals surface area contributed by atoms with Crippen molar-refractivity contribution in [2.75, 3.05) is 4.90 Å². The van der Waals surface area contributed by atoms with Crippen LogP contribution in [0.2, 0.25) is 0 Å². The molecule has 0 spiro atoms. The first-order valence-electron chi connectivity index (χ1n) is 18.9. The van der Waals surface area contributed by atoms with Crippen LogP contribution in [0, 0.1) is 0 Å². The lowest BCUT2D eigenvalue weighted by Crippen LogP contribution is -2.09. The van der Waals surface area contributed by atoms with Crippen LogP contribution in [0.4, 0.5) is 17.1 Å². The quantitative estimate of drug-likeness (QED) is 0.178. The first-order chi connectivity index (χ1) is 26.9. The summed E-state index contributed by atoms with van der Waals surface area (Å²) in [6.07, 6.45) is 0. The van der Waals surface area contributed by atoms with Gasteiger partial charge in [0.2, 0.25) is 0 Å². The fraction of sp³-hybridized carbons (Fsp3) is 0. The molecule has 8 aromatic carbocycles. The van der Waals surface area contributed by atoms with Crippen LogP contribution in [0.1, 0.15) is 5.48 Å². The molecule has 51 heavy (non-hydrogen) atoms. The highest BCUT2D eigenvalue weighted by atomic mass is 16.3. The van der Waals surface area contributed by atoms with E-state index in [4.69, 9.17) is 8.83 Å². The van der Waals surface area contributed by atoms with Gasteiger partial charge >= 0.3 is 0 Å². The maximum absolute atomic E-state index is 9.44. The third-order valence-electron chi connectivity index (χ3n) is 9.57. The van der Waals surface area contributed by atoms with Crippen molar-refractivity contribution in [2.24, 2.45) is 0 Å². The van der Waals surface area contributed by atoms with Gasteiger partial charge in [-0.3, -0.25) is 0 Å². The predicted molar refractivity (Wildman–Crippen MR) is 212 cm³/mol. The molecule has 2 aromatic heterocycles. The van der Waals surface area contributed by atoms with Gasteiger partial charge in [-0.25, -0.2) is 0 Å². The second-order valence-corrected chi connectivity index (χ2v) is 12.6. The third-order valence-corrected chi connectivity index (χ3v) is 9.57. The Morgan fingerprint density at radius 1 is 0.314 bits per heavy atom. The van der Waals surface area contributed by atoms with Crippen molar-refractivity contribution >= 4 is 60.9 Å². The summed E-state index contributed by atoms with van der Waals surface area (Å²) in [5, 5.41) is 3.89. The van der Waals surface area contributed by atoms with E-state index in [1.54, 1.807) is 6.07 Å². The summed E-state index contributed by atoms with van der Waals surface area (Å²) in [4.78, 5) is 1.82. The molecule has 0 unspecified atom stereocenters. The molecular formula is C48H31NO2. The molecule has 0 saturated carbocycles. The maximum atomic E-state index is 9.44. The molecule has 3 heteroatoms. The van der Waals surface area contributed by atoms with Crippen molar-refractivity contribution in [1.29, 1.82) is 0 Å². The highest BCUT2D eigenvalue weighted by Gasteiger charge is 2.15. The molecule has 0 radical (unpaired) electrons. The second kappa shape index (κ2) is 11.9. The number of hydrogen-bond acceptors (Lipinski definition) is 3. The van der Waals surface area contributed by atoms with Crippen LogP contribution in [0.15, 0.2) is 197 Å². The van der Waals surface area contributed by atoms with Crippen LogP contribution in [-0.4, -0.2) is 0 Å². The average Bonchev–Trinajstić information content (AvgIpc) is 3.80. The van der Waals surface area contributed by atoms with Crippen LogP contribution < -0.4 is 4.90 Å². The summed E-state index contributed by atoms with van der Waals surface area (Å²) in [6.45, 7) is 0. The van der Waals surface area contributed by atoms with E-state index in [0.29, 0.717) is 22.5 Å². The predicted octanol–water partition coefficient (Wildman–Crippen LogP) is 14.0. The van der Waals surface area contributed by atoms with Crippen molar-refractivity contribution in [3.63, 3.8) is 0 Å². The fourth-order valence-corrected chi connectivity index (χ4v) is 6.99. The Kier molecular flexibility index (Phi) is 5.89. The van der Waals surface area contributed by atoms with Gasteiger partial charge in [0.15, 0.2) is 0 Å². The smallest absolute Gasteiger partial charge is 0.135 e. The zero-order valence-corrected chi connectivity index (χ0v) is 27.4. The summed E-state index contributed by atoms with van der Waals surface area (Å²) in [5.74, 6) is 0. The van der Waals surface area contributed by atoms with Crippen LogP contribution in [0.25, 0.3) is 77.3 Å². The van der Waals surface area contributed by atoms with Crippen molar-refractivity contribution in [3.05, 3.63) is 188 Å². The topological polar surface area (TPSA) is 29.5 Å². The number of nitrogens with zero attached hydrogens (tertiary/aromatic N) is 1. The molecule has 0 atom stereocenters. The Morgan fingerprint density at radius 3 is 1.27 bits per heavy atom. The van der Waals surface area contributed by atoms with E-state index >= 15 is 0 Å². The van der Waals surface area contributed by atoms with E-state index < -0.39 is 0 Å². The van der Waals surface area contributed by atoms with Gasteiger partial charge in [0.25, 0.3) is 0 Å².